The van der Waals surface area contributed by atoms with Gasteiger partial charge in [-0.2, -0.15) is 13.2 Å². The van der Waals surface area contributed by atoms with Gasteiger partial charge in [-0.1, -0.05) is 6.07 Å². The van der Waals surface area contributed by atoms with Gasteiger partial charge in [0.2, 0.25) is 0 Å². The second-order valence-electron chi connectivity index (χ2n) is 3.65. The van der Waals surface area contributed by atoms with Crippen LogP contribution in [-0.4, -0.2) is 28.6 Å². The van der Waals surface area contributed by atoms with Gasteiger partial charge >= 0.3 is 5.51 Å². The van der Waals surface area contributed by atoms with Crippen molar-refractivity contribution in [2.45, 2.75) is 5.51 Å². The van der Waals surface area contributed by atoms with E-state index in [1.165, 1.54) is 12.1 Å². The Kier molecular flexibility index (Phi) is 5.79. The number of hydrazine groups is 1. The number of alkyl halides is 3. The molecule has 7 nitrogen and oxygen atoms in total. The standard InChI is InChI=1S/C10H11F3N4O3S/c11-10(12,13)21-5-4-15-9(18)6-2-1-3-7(17(19)20)8(6)16-14/h1-3,16H,4-5,14H2,(H,15,18). The number of nitrogen functional groups attached to an aromatic ring is 1. The topological polar surface area (TPSA) is 110 Å². The number of hydrogen-bond donors (Lipinski definition) is 3. The molecule has 0 unspecified atom stereocenters. The average molecular weight is 324 g/mol. The van der Waals surface area contributed by atoms with Crippen LogP contribution in [0.4, 0.5) is 24.5 Å². The predicted molar refractivity (Wildman–Crippen MR) is 71.8 cm³/mol. The number of nitrogens with two attached hydrogens (primary N) is 1. The van der Waals surface area contributed by atoms with Gasteiger partial charge in [0, 0.05) is 18.4 Å². The number of hydrogen-bond acceptors (Lipinski definition) is 6. The molecule has 1 aromatic carbocycles. The molecule has 0 aromatic heterocycles. The maximum atomic E-state index is 11.9. The Bertz CT molecular complexity index is 539. The molecule has 0 spiro atoms. The van der Waals surface area contributed by atoms with Crippen LogP contribution in [0.3, 0.4) is 0 Å². The summed E-state index contributed by atoms with van der Waals surface area (Å²) in [5.74, 6) is 4.03. The van der Waals surface area contributed by atoms with E-state index in [9.17, 15) is 28.1 Å². The highest BCUT2D eigenvalue weighted by molar-refractivity contribution is 8.00. The highest BCUT2D eigenvalue weighted by Crippen LogP contribution is 2.30. The number of benzene rings is 1. The van der Waals surface area contributed by atoms with Gasteiger partial charge in [0.25, 0.3) is 11.6 Å². The zero-order valence-corrected chi connectivity index (χ0v) is 11.3. The summed E-state index contributed by atoms with van der Waals surface area (Å²) < 4.78 is 35.7. The molecule has 0 saturated heterocycles. The predicted octanol–water partition coefficient (Wildman–Crippen LogP) is 1.86. The number of para-hydroxylation sites is 1. The fourth-order valence-electron chi connectivity index (χ4n) is 1.46. The van der Waals surface area contributed by atoms with Crippen LogP contribution in [0.25, 0.3) is 0 Å². The molecule has 0 aliphatic carbocycles. The van der Waals surface area contributed by atoms with Crippen LogP contribution in [0.2, 0.25) is 0 Å². The number of nitro benzene ring substituents is 1. The Morgan fingerprint density at radius 3 is 2.62 bits per heavy atom. The summed E-state index contributed by atoms with van der Waals surface area (Å²) in [6.45, 7) is -0.240. The number of thioether (sulfide) groups is 1. The average Bonchev–Trinajstić information content (AvgIpc) is 2.41. The Labute approximate surface area is 121 Å². The molecule has 0 radical (unpaired) electrons. The van der Waals surface area contributed by atoms with E-state index in [2.05, 4.69) is 10.7 Å². The normalized spacial score (nSPS) is 11.0. The van der Waals surface area contributed by atoms with Crippen molar-refractivity contribution >= 4 is 29.0 Å². The van der Waals surface area contributed by atoms with Gasteiger partial charge in [0.15, 0.2) is 0 Å². The third-order valence-electron chi connectivity index (χ3n) is 2.28. The summed E-state index contributed by atoms with van der Waals surface area (Å²) in [7, 11) is 0. The van der Waals surface area contributed by atoms with Crippen molar-refractivity contribution in [2.75, 3.05) is 17.7 Å². The van der Waals surface area contributed by atoms with E-state index in [0.717, 1.165) is 6.07 Å². The fourth-order valence-corrected chi connectivity index (χ4v) is 1.90. The Morgan fingerprint density at radius 2 is 2.10 bits per heavy atom. The number of carbonyl (C=O) groups is 1. The molecule has 116 valence electrons. The number of halogens is 3. The first-order valence-corrected chi connectivity index (χ1v) is 6.47. The van der Waals surface area contributed by atoms with Crippen LogP contribution in [-0.2, 0) is 0 Å². The second kappa shape index (κ2) is 7.13. The monoisotopic (exact) mass is 324 g/mol. The lowest BCUT2D eigenvalue weighted by Crippen LogP contribution is -2.28. The largest absolute Gasteiger partial charge is 0.441 e. The third-order valence-corrected chi connectivity index (χ3v) is 3.02. The van der Waals surface area contributed by atoms with Gasteiger partial charge in [-0.3, -0.25) is 20.8 Å². The quantitative estimate of drug-likeness (QED) is 0.319. The third kappa shape index (κ3) is 5.11. The maximum Gasteiger partial charge on any atom is 0.441 e. The molecule has 4 N–H and O–H groups in total. The number of nitro groups is 1. The van der Waals surface area contributed by atoms with Crippen molar-refractivity contribution in [1.29, 1.82) is 0 Å². The molecule has 0 fully saturated rings. The second-order valence-corrected chi connectivity index (χ2v) is 4.81. The zero-order valence-electron chi connectivity index (χ0n) is 10.4. The van der Waals surface area contributed by atoms with E-state index < -0.39 is 22.0 Å². The van der Waals surface area contributed by atoms with Crippen molar-refractivity contribution in [3.8, 4) is 0 Å². The minimum atomic E-state index is -4.37. The van der Waals surface area contributed by atoms with Gasteiger partial charge < -0.3 is 10.7 Å². The summed E-state index contributed by atoms with van der Waals surface area (Å²) in [5.41, 5.74) is -3.06. The van der Waals surface area contributed by atoms with E-state index in [1.54, 1.807) is 0 Å². The molecule has 0 bridgehead atoms. The number of carbonyl (C=O) groups excluding carboxylic acids is 1. The van der Waals surface area contributed by atoms with Gasteiger partial charge in [-0.05, 0) is 17.8 Å². The molecule has 1 rings (SSSR count). The highest BCUT2D eigenvalue weighted by Gasteiger charge is 2.27. The minimum absolute atomic E-state index is 0.122. The molecule has 0 saturated carbocycles. The van der Waals surface area contributed by atoms with Gasteiger partial charge in [-0.25, -0.2) is 0 Å². The number of amides is 1. The molecule has 0 aliphatic rings. The Balaban J connectivity index is 2.74. The van der Waals surface area contributed by atoms with Crippen LogP contribution in [0.5, 0.6) is 0 Å². The molecular formula is C10H11F3N4O3S. The van der Waals surface area contributed by atoms with Crippen molar-refractivity contribution in [1.82, 2.24) is 5.32 Å². The SMILES string of the molecule is NNc1c(C(=O)NCCSC(F)(F)F)cccc1[N+](=O)[O-]. The first-order valence-electron chi connectivity index (χ1n) is 5.49. The van der Waals surface area contributed by atoms with E-state index in [0.29, 0.717) is 0 Å². The summed E-state index contributed by atoms with van der Waals surface area (Å²) in [4.78, 5) is 21.8. The van der Waals surface area contributed by atoms with Crippen LogP contribution in [0, 0.1) is 10.1 Å². The van der Waals surface area contributed by atoms with E-state index in [4.69, 9.17) is 5.84 Å². The number of nitrogens with zero attached hydrogens (tertiary/aromatic N) is 1. The van der Waals surface area contributed by atoms with Gasteiger partial charge in [0.05, 0.1) is 10.5 Å². The Hall–Kier alpha value is -2.01. The van der Waals surface area contributed by atoms with Crippen LogP contribution in [0.1, 0.15) is 10.4 Å². The van der Waals surface area contributed by atoms with E-state index >= 15 is 0 Å². The molecule has 0 aliphatic heterocycles. The number of nitrogens with one attached hydrogen (secondary N) is 2. The summed E-state index contributed by atoms with van der Waals surface area (Å²) in [5, 5.41) is 13.0. The first kappa shape index (κ1) is 17.0. The van der Waals surface area contributed by atoms with Crippen molar-refractivity contribution in [2.24, 2.45) is 5.84 Å². The highest BCUT2D eigenvalue weighted by atomic mass is 32.2. The van der Waals surface area contributed by atoms with E-state index in [1.807, 2.05) is 0 Å². The van der Waals surface area contributed by atoms with Crippen LogP contribution >= 0.6 is 11.8 Å². The molecule has 1 amide bonds. The molecule has 11 heteroatoms. The number of anilines is 1. The van der Waals surface area contributed by atoms with Crippen molar-refractivity contribution in [3.05, 3.63) is 33.9 Å². The van der Waals surface area contributed by atoms with Crippen molar-refractivity contribution in [3.63, 3.8) is 0 Å². The fraction of sp³-hybridized carbons (Fsp3) is 0.300. The minimum Gasteiger partial charge on any atom is -0.351 e. The van der Waals surface area contributed by atoms with Gasteiger partial charge in [-0.15, -0.1) is 0 Å². The maximum absolute atomic E-state index is 11.9. The molecule has 0 atom stereocenters. The zero-order chi connectivity index (χ0) is 16.0. The van der Waals surface area contributed by atoms with Crippen molar-refractivity contribution < 1.29 is 22.9 Å². The smallest absolute Gasteiger partial charge is 0.351 e. The first-order chi connectivity index (χ1) is 9.76. The lowest BCUT2D eigenvalue weighted by atomic mass is 10.1. The molecular weight excluding hydrogens is 313 g/mol. The molecule has 21 heavy (non-hydrogen) atoms. The number of rotatable bonds is 6. The summed E-state index contributed by atoms with van der Waals surface area (Å²) >= 11 is -0.275. The van der Waals surface area contributed by atoms with Gasteiger partial charge in [0.1, 0.15) is 5.69 Å². The molecule has 1 aromatic rings. The summed E-state index contributed by atoms with van der Waals surface area (Å²) in [6, 6.07) is 3.69. The van der Waals surface area contributed by atoms with Crippen LogP contribution in [0.15, 0.2) is 18.2 Å². The summed E-state index contributed by atoms with van der Waals surface area (Å²) in [6.07, 6.45) is 0. The molecule has 0 heterocycles. The van der Waals surface area contributed by atoms with E-state index in [-0.39, 0.29) is 35.3 Å². The van der Waals surface area contributed by atoms with Crippen LogP contribution < -0.4 is 16.6 Å². The lowest BCUT2D eigenvalue weighted by Gasteiger charge is -2.10. The lowest BCUT2D eigenvalue weighted by molar-refractivity contribution is -0.384. The Morgan fingerprint density at radius 1 is 1.43 bits per heavy atom.